The molecule has 2 fully saturated rings. The van der Waals surface area contributed by atoms with Gasteiger partial charge in [-0.2, -0.15) is 0 Å². The molecule has 0 spiro atoms. The van der Waals surface area contributed by atoms with Gasteiger partial charge in [0, 0.05) is 31.1 Å². The van der Waals surface area contributed by atoms with Crippen LogP contribution in [0.3, 0.4) is 0 Å². The van der Waals surface area contributed by atoms with E-state index in [1.807, 2.05) is 48.5 Å². The van der Waals surface area contributed by atoms with Crippen LogP contribution in [0.2, 0.25) is 4.34 Å². The van der Waals surface area contributed by atoms with E-state index in [0.717, 1.165) is 15.8 Å². The zero-order valence-corrected chi connectivity index (χ0v) is 18.2. The molecule has 3 heterocycles. The van der Waals surface area contributed by atoms with Crippen LogP contribution >= 0.6 is 22.9 Å². The number of halogens is 1. The van der Waals surface area contributed by atoms with Crippen molar-refractivity contribution in [1.82, 2.24) is 9.80 Å². The second kappa shape index (κ2) is 8.34. The SMILES string of the molecule is O=C1C2CN(Cc3ccc(Cl)s3)CCN2C(=O)N1c1ccccc1Oc1ccccc1. The van der Waals surface area contributed by atoms with Crippen molar-refractivity contribution in [3.05, 3.63) is 75.9 Å². The lowest BCUT2D eigenvalue weighted by Crippen LogP contribution is -2.52. The Labute approximate surface area is 189 Å². The van der Waals surface area contributed by atoms with Crippen molar-refractivity contribution in [3.63, 3.8) is 0 Å². The zero-order valence-electron chi connectivity index (χ0n) is 16.6. The van der Waals surface area contributed by atoms with Gasteiger partial charge in [0.2, 0.25) is 0 Å². The molecule has 2 aliphatic rings. The Bertz CT molecular complexity index is 1120. The average molecular weight is 454 g/mol. The average Bonchev–Trinajstić information content (AvgIpc) is 3.30. The number of thiophene rings is 1. The Hall–Kier alpha value is -2.87. The van der Waals surface area contributed by atoms with Crippen LogP contribution in [0.15, 0.2) is 66.7 Å². The van der Waals surface area contributed by atoms with Gasteiger partial charge < -0.3 is 9.64 Å². The molecule has 0 N–H and O–H groups in total. The summed E-state index contributed by atoms with van der Waals surface area (Å²) in [5, 5.41) is 0. The molecular weight excluding hydrogens is 434 g/mol. The van der Waals surface area contributed by atoms with Crippen molar-refractivity contribution in [3.8, 4) is 11.5 Å². The summed E-state index contributed by atoms with van der Waals surface area (Å²) in [6.45, 7) is 2.43. The fourth-order valence-corrected chi connectivity index (χ4v) is 5.15. The van der Waals surface area contributed by atoms with Crippen LogP contribution in [0.5, 0.6) is 11.5 Å². The largest absolute Gasteiger partial charge is 0.455 e. The number of amides is 3. The molecule has 0 saturated carbocycles. The van der Waals surface area contributed by atoms with Crippen molar-refractivity contribution < 1.29 is 14.3 Å². The predicted octanol–water partition coefficient (Wildman–Crippen LogP) is 4.85. The molecule has 3 aromatic rings. The standard InChI is InChI=1S/C23H20ClN3O3S/c24-21-11-10-17(31-21)14-25-12-13-26-19(15-25)22(28)27(23(26)29)18-8-4-5-9-20(18)30-16-6-2-1-3-7-16/h1-11,19H,12-15H2. The van der Waals surface area contributed by atoms with E-state index in [1.54, 1.807) is 23.1 Å². The van der Waals surface area contributed by atoms with Crippen LogP contribution < -0.4 is 9.64 Å². The molecule has 31 heavy (non-hydrogen) atoms. The van der Waals surface area contributed by atoms with Crippen molar-refractivity contribution in [2.75, 3.05) is 24.5 Å². The third-order valence-electron chi connectivity index (χ3n) is 5.49. The molecule has 0 radical (unpaired) electrons. The highest BCUT2D eigenvalue weighted by atomic mass is 35.5. The van der Waals surface area contributed by atoms with Crippen LogP contribution in [-0.4, -0.2) is 47.4 Å². The number of ether oxygens (including phenoxy) is 1. The third kappa shape index (κ3) is 3.92. The van der Waals surface area contributed by atoms with Crippen molar-refractivity contribution >= 4 is 40.6 Å². The van der Waals surface area contributed by atoms with Crippen molar-refractivity contribution in [1.29, 1.82) is 0 Å². The first-order valence-corrected chi connectivity index (χ1v) is 11.2. The number of imide groups is 1. The minimum Gasteiger partial charge on any atom is -0.455 e. The minimum absolute atomic E-state index is 0.219. The van der Waals surface area contributed by atoms with Crippen LogP contribution in [0.4, 0.5) is 10.5 Å². The fourth-order valence-electron chi connectivity index (χ4n) is 4.02. The van der Waals surface area contributed by atoms with Gasteiger partial charge in [0.05, 0.1) is 10.0 Å². The summed E-state index contributed by atoms with van der Waals surface area (Å²) in [6.07, 6.45) is 0. The Balaban J connectivity index is 1.37. The number of rotatable bonds is 5. The van der Waals surface area contributed by atoms with Crippen LogP contribution in [0, 0.1) is 0 Å². The highest BCUT2D eigenvalue weighted by Crippen LogP contribution is 2.36. The van der Waals surface area contributed by atoms with E-state index in [-0.39, 0.29) is 11.9 Å². The molecule has 6 nitrogen and oxygen atoms in total. The molecule has 2 aromatic carbocycles. The van der Waals surface area contributed by atoms with Crippen molar-refractivity contribution in [2.24, 2.45) is 0 Å². The Morgan fingerprint density at radius 3 is 2.52 bits per heavy atom. The smallest absolute Gasteiger partial charge is 0.332 e. The van der Waals surface area contributed by atoms with E-state index in [0.29, 0.717) is 36.8 Å². The maximum atomic E-state index is 13.3. The van der Waals surface area contributed by atoms with Gasteiger partial charge in [-0.05, 0) is 36.4 Å². The van der Waals surface area contributed by atoms with Gasteiger partial charge in [-0.15, -0.1) is 11.3 Å². The number of carbonyl (C=O) groups is 2. The summed E-state index contributed by atoms with van der Waals surface area (Å²) in [4.78, 5) is 32.8. The molecular formula is C23H20ClN3O3S. The summed E-state index contributed by atoms with van der Waals surface area (Å²) in [6, 6.07) is 19.6. The second-order valence-corrected chi connectivity index (χ2v) is 9.29. The molecule has 0 aliphatic carbocycles. The lowest BCUT2D eigenvalue weighted by molar-refractivity contribution is -0.121. The number of carbonyl (C=O) groups excluding carboxylic acids is 2. The number of urea groups is 1. The van der Waals surface area contributed by atoms with Gasteiger partial charge >= 0.3 is 6.03 Å². The first-order chi connectivity index (χ1) is 15.1. The number of hydrogen-bond acceptors (Lipinski definition) is 5. The lowest BCUT2D eigenvalue weighted by atomic mass is 10.1. The Morgan fingerprint density at radius 1 is 0.968 bits per heavy atom. The third-order valence-corrected chi connectivity index (χ3v) is 6.71. The van der Waals surface area contributed by atoms with Gasteiger partial charge in [0.25, 0.3) is 5.91 Å². The van der Waals surface area contributed by atoms with E-state index in [2.05, 4.69) is 4.90 Å². The Kier molecular flexibility index (Phi) is 5.40. The minimum atomic E-state index is -0.499. The molecule has 1 atom stereocenters. The second-order valence-electron chi connectivity index (χ2n) is 7.49. The molecule has 8 heteroatoms. The first-order valence-electron chi connectivity index (χ1n) is 10.0. The zero-order chi connectivity index (χ0) is 21.4. The van der Waals surface area contributed by atoms with Gasteiger partial charge in [0.15, 0.2) is 5.75 Å². The van der Waals surface area contributed by atoms with Gasteiger partial charge in [-0.25, -0.2) is 9.69 Å². The maximum Gasteiger partial charge on any atom is 0.332 e. The van der Waals surface area contributed by atoms with Gasteiger partial charge in [0.1, 0.15) is 11.8 Å². The number of benzene rings is 2. The maximum absolute atomic E-state index is 13.3. The number of hydrogen-bond donors (Lipinski definition) is 0. The van der Waals surface area contributed by atoms with Crippen LogP contribution in [-0.2, 0) is 11.3 Å². The molecule has 5 rings (SSSR count). The Morgan fingerprint density at radius 2 is 1.74 bits per heavy atom. The number of fused-ring (bicyclic) bond motifs is 1. The van der Waals surface area contributed by atoms with Crippen LogP contribution in [0.25, 0.3) is 0 Å². The summed E-state index contributed by atoms with van der Waals surface area (Å²) < 4.78 is 6.74. The fraction of sp³-hybridized carbons (Fsp3) is 0.217. The number of nitrogens with zero attached hydrogens (tertiary/aromatic N) is 3. The molecule has 0 bridgehead atoms. The van der Waals surface area contributed by atoms with Gasteiger partial charge in [-0.1, -0.05) is 41.9 Å². The van der Waals surface area contributed by atoms with E-state index in [1.165, 1.54) is 16.2 Å². The summed E-state index contributed by atoms with van der Waals surface area (Å²) in [5.74, 6) is 0.899. The highest BCUT2D eigenvalue weighted by molar-refractivity contribution is 7.16. The number of para-hydroxylation sites is 3. The summed E-state index contributed by atoms with van der Waals surface area (Å²) in [5.41, 5.74) is 0.465. The highest BCUT2D eigenvalue weighted by Gasteiger charge is 2.49. The van der Waals surface area contributed by atoms with E-state index in [4.69, 9.17) is 16.3 Å². The van der Waals surface area contributed by atoms with Gasteiger partial charge in [-0.3, -0.25) is 9.69 Å². The molecule has 1 unspecified atom stereocenters. The van der Waals surface area contributed by atoms with Crippen LogP contribution in [0.1, 0.15) is 4.88 Å². The number of anilines is 1. The summed E-state index contributed by atoms with van der Waals surface area (Å²) >= 11 is 7.58. The lowest BCUT2D eigenvalue weighted by Gasteiger charge is -2.34. The predicted molar refractivity (Wildman–Crippen MR) is 121 cm³/mol. The van der Waals surface area contributed by atoms with E-state index in [9.17, 15) is 9.59 Å². The summed E-state index contributed by atoms with van der Waals surface area (Å²) in [7, 11) is 0. The quantitative estimate of drug-likeness (QED) is 0.518. The van der Waals surface area contributed by atoms with E-state index < -0.39 is 6.04 Å². The topological polar surface area (TPSA) is 53.1 Å². The molecule has 3 amide bonds. The molecule has 1 aromatic heterocycles. The first kappa shape index (κ1) is 20.1. The number of piperazine rings is 1. The van der Waals surface area contributed by atoms with E-state index >= 15 is 0 Å². The monoisotopic (exact) mass is 453 g/mol. The normalized spacial score (nSPS) is 19.1. The molecule has 2 aliphatic heterocycles. The molecule has 2 saturated heterocycles. The van der Waals surface area contributed by atoms with Crippen molar-refractivity contribution in [2.45, 2.75) is 12.6 Å². The molecule has 158 valence electrons.